The van der Waals surface area contributed by atoms with Crippen LogP contribution in [0.5, 0.6) is 5.75 Å². The van der Waals surface area contributed by atoms with Gasteiger partial charge in [-0.15, -0.1) is 0 Å². The third-order valence-corrected chi connectivity index (χ3v) is 5.25. The zero-order chi connectivity index (χ0) is 22.1. The average molecular weight is 481 g/mol. The van der Waals surface area contributed by atoms with E-state index in [-0.39, 0.29) is 11.8 Å². The lowest BCUT2D eigenvalue weighted by molar-refractivity contribution is 0.0953. The summed E-state index contributed by atoms with van der Waals surface area (Å²) in [6.07, 6.45) is 1.69. The van der Waals surface area contributed by atoms with Crippen molar-refractivity contribution in [1.29, 1.82) is 0 Å². The van der Waals surface area contributed by atoms with Gasteiger partial charge in [0, 0.05) is 29.8 Å². The van der Waals surface area contributed by atoms with Crippen molar-refractivity contribution >= 4 is 33.4 Å². The van der Waals surface area contributed by atoms with Gasteiger partial charge in [-0.25, -0.2) is 0 Å². The molecule has 31 heavy (non-hydrogen) atoms. The van der Waals surface area contributed by atoms with Crippen LogP contribution in [0, 0.1) is 0 Å². The van der Waals surface area contributed by atoms with Gasteiger partial charge in [-0.2, -0.15) is 0 Å². The van der Waals surface area contributed by atoms with Crippen LogP contribution in [0.3, 0.4) is 0 Å². The maximum Gasteiger partial charge on any atom is 0.255 e. The third kappa shape index (κ3) is 6.69. The van der Waals surface area contributed by atoms with Crippen molar-refractivity contribution in [3.8, 4) is 5.75 Å². The summed E-state index contributed by atoms with van der Waals surface area (Å²) in [7, 11) is 0. The molecule has 160 valence electrons. The molecule has 0 aromatic heterocycles. The molecule has 0 spiro atoms. The second kappa shape index (κ2) is 11.3. The summed E-state index contributed by atoms with van der Waals surface area (Å²) in [6.45, 7) is 3.19. The first-order valence-electron chi connectivity index (χ1n) is 10.2. The largest absolute Gasteiger partial charge is 0.492 e. The lowest BCUT2D eigenvalue weighted by atomic mass is 10.1. The second-order valence-corrected chi connectivity index (χ2v) is 7.87. The molecule has 2 N–H and O–H groups in total. The van der Waals surface area contributed by atoms with Crippen molar-refractivity contribution in [2.24, 2.45) is 0 Å². The highest BCUT2D eigenvalue weighted by atomic mass is 79.9. The van der Waals surface area contributed by atoms with Crippen molar-refractivity contribution < 1.29 is 14.3 Å². The van der Waals surface area contributed by atoms with Gasteiger partial charge in [0.2, 0.25) is 0 Å². The Bertz CT molecular complexity index is 1020. The topological polar surface area (TPSA) is 67.4 Å². The minimum absolute atomic E-state index is 0.119. The predicted molar refractivity (Wildman–Crippen MR) is 127 cm³/mol. The number of carbonyl (C=O) groups is 2. The summed E-state index contributed by atoms with van der Waals surface area (Å²) in [5.41, 5.74) is 2.90. The lowest BCUT2D eigenvalue weighted by Gasteiger charge is -2.11. The fraction of sp³-hybridized carbons (Fsp3) is 0.200. The van der Waals surface area contributed by atoms with E-state index in [1.165, 1.54) is 5.56 Å². The molecule has 0 saturated heterocycles. The molecule has 2 amide bonds. The molecule has 0 fully saturated rings. The van der Waals surface area contributed by atoms with E-state index < -0.39 is 0 Å². The maximum atomic E-state index is 12.6. The fourth-order valence-corrected chi connectivity index (χ4v) is 3.42. The number of rotatable bonds is 9. The Hall–Kier alpha value is -3.12. The summed E-state index contributed by atoms with van der Waals surface area (Å²) < 4.78 is 6.56. The van der Waals surface area contributed by atoms with Gasteiger partial charge < -0.3 is 15.4 Å². The number of nitrogens with one attached hydrogen (secondary N) is 2. The number of ether oxygens (including phenoxy) is 1. The van der Waals surface area contributed by atoms with Crippen LogP contribution < -0.4 is 15.4 Å². The molecule has 0 unspecified atom stereocenters. The summed E-state index contributed by atoms with van der Waals surface area (Å²) >= 11 is 3.48. The van der Waals surface area contributed by atoms with E-state index in [2.05, 4.69) is 38.7 Å². The number of carbonyl (C=O) groups excluding carboxylic acids is 2. The van der Waals surface area contributed by atoms with Crippen LogP contribution in [0.1, 0.15) is 39.6 Å². The first-order chi connectivity index (χ1) is 15.1. The first-order valence-corrected chi connectivity index (χ1v) is 11.0. The van der Waals surface area contributed by atoms with E-state index in [9.17, 15) is 9.59 Å². The highest BCUT2D eigenvalue weighted by Gasteiger charge is 2.11. The smallest absolute Gasteiger partial charge is 0.255 e. The Labute approximate surface area is 191 Å². The molecule has 5 nitrogen and oxygen atoms in total. The Morgan fingerprint density at radius 1 is 0.903 bits per heavy atom. The summed E-state index contributed by atoms with van der Waals surface area (Å²) in [4.78, 5) is 24.6. The number of benzene rings is 3. The molecule has 0 aliphatic carbocycles. The summed E-state index contributed by atoms with van der Waals surface area (Å²) in [5, 5.41) is 5.67. The van der Waals surface area contributed by atoms with Crippen molar-refractivity contribution in [1.82, 2.24) is 5.32 Å². The summed E-state index contributed by atoms with van der Waals surface area (Å²) in [5.74, 6) is 0.334. The van der Waals surface area contributed by atoms with Gasteiger partial charge in [0.25, 0.3) is 11.8 Å². The van der Waals surface area contributed by atoms with E-state index >= 15 is 0 Å². The molecule has 0 aliphatic rings. The molecular formula is C25H25BrN2O3. The first kappa shape index (κ1) is 22.6. The monoisotopic (exact) mass is 480 g/mol. The highest BCUT2D eigenvalue weighted by Crippen LogP contribution is 2.26. The molecule has 3 rings (SSSR count). The number of anilines is 1. The zero-order valence-electron chi connectivity index (χ0n) is 17.4. The van der Waals surface area contributed by atoms with Crippen LogP contribution in [-0.4, -0.2) is 25.0 Å². The number of hydrogen-bond acceptors (Lipinski definition) is 3. The Morgan fingerprint density at radius 3 is 2.29 bits per heavy atom. The van der Waals surface area contributed by atoms with Crippen LogP contribution in [0.25, 0.3) is 0 Å². The zero-order valence-corrected chi connectivity index (χ0v) is 18.9. The quantitative estimate of drug-likeness (QED) is 0.427. The van der Waals surface area contributed by atoms with Crippen LogP contribution in [0.15, 0.2) is 77.3 Å². The van der Waals surface area contributed by atoms with Gasteiger partial charge in [-0.1, -0.05) is 37.3 Å². The van der Waals surface area contributed by atoms with Gasteiger partial charge in [-0.3, -0.25) is 9.59 Å². The Morgan fingerprint density at radius 2 is 1.61 bits per heavy atom. The number of halogens is 1. The van der Waals surface area contributed by atoms with Gasteiger partial charge in [0.1, 0.15) is 5.75 Å². The molecule has 0 bridgehead atoms. The van der Waals surface area contributed by atoms with Gasteiger partial charge >= 0.3 is 0 Å². The Kier molecular flexibility index (Phi) is 8.24. The van der Waals surface area contributed by atoms with Gasteiger partial charge in [0.15, 0.2) is 0 Å². The van der Waals surface area contributed by atoms with E-state index in [4.69, 9.17) is 4.74 Å². The molecule has 0 radical (unpaired) electrons. The molecule has 0 atom stereocenters. The van der Waals surface area contributed by atoms with Gasteiger partial charge in [0.05, 0.1) is 11.1 Å². The Balaban J connectivity index is 1.55. The highest BCUT2D eigenvalue weighted by molar-refractivity contribution is 9.10. The van der Waals surface area contributed by atoms with E-state index in [1.54, 1.807) is 42.5 Å². The van der Waals surface area contributed by atoms with Crippen molar-refractivity contribution in [3.63, 3.8) is 0 Å². The molecule has 0 saturated carbocycles. The maximum absolute atomic E-state index is 12.6. The predicted octanol–water partition coefficient (Wildman–Crippen LogP) is 5.46. The third-order valence-electron chi connectivity index (χ3n) is 4.63. The molecule has 6 heteroatoms. The van der Waals surface area contributed by atoms with Crippen molar-refractivity contribution in [2.45, 2.75) is 19.8 Å². The van der Waals surface area contributed by atoms with Crippen LogP contribution in [-0.2, 0) is 6.42 Å². The molecule has 3 aromatic rings. The normalized spacial score (nSPS) is 10.4. The molecule has 0 heterocycles. The number of hydrogen-bond donors (Lipinski definition) is 2. The van der Waals surface area contributed by atoms with E-state index in [0.29, 0.717) is 35.7 Å². The van der Waals surface area contributed by atoms with Crippen LogP contribution >= 0.6 is 15.9 Å². The van der Waals surface area contributed by atoms with E-state index in [0.717, 1.165) is 17.3 Å². The van der Waals surface area contributed by atoms with Crippen LogP contribution in [0.4, 0.5) is 5.69 Å². The van der Waals surface area contributed by atoms with Gasteiger partial charge in [-0.05, 0) is 70.4 Å². The van der Waals surface area contributed by atoms with Crippen molar-refractivity contribution in [2.75, 3.05) is 18.5 Å². The molecule has 3 aromatic carbocycles. The lowest BCUT2D eigenvalue weighted by Crippen LogP contribution is -2.23. The van der Waals surface area contributed by atoms with E-state index in [1.807, 2.05) is 25.1 Å². The molecule has 0 aliphatic heterocycles. The molecular weight excluding hydrogens is 456 g/mol. The minimum atomic E-state index is -0.236. The average Bonchev–Trinajstić information content (AvgIpc) is 2.79. The standard InChI is InChI=1S/C25H25BrN2O3/c1-2-15-27-24(29)19-8-11-21(12-9-19)28-25(30)20-10-13-23(22(26)17-20)31-16-14-18-6-4-3-5-7-18/h3-13,17H,2,14-16H2,1H3,(H,27,29)(H,28,30). The fourth-order valence-electron chi connectivity index (χ4n) is 2.93. The van der Waals surface area contributed by atoms with Crippen LogP contribution in [0.2, 0.25) is 0 Å². The SMILES string of the molecule is CCCNC(=O)c1ccc(NC(=O)c2ccc(OCCc3ccccc3)c(Br)c2)cc1. The number of amides is 2. The summed E-state index contributed by atoms with van der Waals surface area (Å²) in [6, 6.07) is 22.2. The second-order valence-electron chi connectivity index (χ2n) is 7.02. The minimum Gasteiger partial charge on any atom is -0.492 e. The van der Waals surface area contributed by atoms with Crippen molar-refractivity contribution in [3.05, 3.63) is 94.0 Å².